The third kappa shape index (κ3) is 8.94. The number of carbonyl (C=O) groups is 1. The minimum atomic E-state index is -0.124. The fourth-order valence-electron chi connectivity index (χ4n) is 4.67. The molecule has 2 fully saturated rings. The molecule has 1 amide bonds. The van der Waals surface area contributed by atoms with Crippen LogP contribution in [0.3, 0.4) is 0 Å². The highest BCUT2D eigenvalue weighted by atomic mass is 16.5. The summed E-state index contributed by atoms with van der Waals surface area (Å²) < 4.78 is 5.29. The standard InChI is InChI=1S/C27H42N6O3/c1-5-24(10-9-20(3)27(35)32-11-14-36-15-12-32)33(29)19-23(28)18-30-31-26-17-22(8-7-13-34)16-21(4)25(26)6-2/h5,9-10,21-22,25,28,30,34H,3,6,11-19,29H2,1-2,4H3/b10-9?,24-5?,28-23?,31-26+. The third-order valence-electron chi connectivity index (χ3n) is 6.58. The van der Waals surface area contributed by atoms with Gasteiger partial charge in [0.2, 0.25) is 0 Å². The molecule has 0 bridgehead atoms. The van der Waals surface area contributed by atoms with E-state index >= 15 is 0 Å². The molecule has 0 aromatic heterocycles. The smallest absolute Gasteiger partial charge is 0.253 e. The van der Waals surface area contributed by atoms with Gasteiger partial charge in [0, 0.05) is 48.3 Å². The van der Waals surface area contributed by atoms with Crippen LogP contribution in [0.5, 0.6) is 0 Å². The molecular weight excluding hydrogens is 456 g/mol. The fraction of sp³-hybridized carbons (Fsp3) is 0.593. The van der Waals surface area contributed by atoms with Gasteiger partial charge in [-0.15, -0.1) is 0 Å². The van der Waals surface area contributed by atoms with Gasteiger partial charge in [-0.25, -0.2) is 5.84 Å². The van der Waals surface area contributed by atoms with Crippen LogP contribution < -0.4 is 11.3 Å². The molecule has 1 saturated carbocycles. The van der Waals surface area contributed by atoms with Gasteiger partial charge in [-0.2, -0.15) is 5.10 Å². The zero-order chi connectivity index (χ0) is 26.5. The Kier molecular flexibility index (Phi) is 12.4. The fourth-order valence-corrected chi connectivity index (χ4v) is 4.67. The summed E-state index contributed by atoms with van der Waals surface area (Å²) in [7, 11) is 0. The first-order valence-corrected chi connectivity index (χ1v) is 12.7. The summed E-state index contributed by atoms with van der Waals surface area (Å²) in [6.07, 6.45) is 8.02. The highest BCUT2D eigenvalue weighted by Gasteiger charge is 2.31. The van der Waals surface area contributed by atoms with E-state index in [0.29, 0.717) is 55.1 Å². The van der Waals surface area contributed by atoms with E-state index < -0.39 is 0 Å². The molecule has 2 rings (SSSR count). The highest BCUT2D eigenvalue weighted by Crippen LogP contribution is 2.33. The van der Waals surface area contributed by atoms with Crippen molar-refractivity contribution < 1.29 is 14.6 Å². The number of aliphatic hydroxyl groups excluding tert-OH is 1. The molecule has 5 N–H and O–H groups in total. The van der Waals surface area contributed by atoms with Crippen LogP contribution in [0.4, 0.5) is 0 Å². The van der Waals surface area contributed by atoms with Gasteiger partial charge in [-0.05, 0) is 37.8 Å². The monoisotopic (exact) mass is 498 g/mol. The van der Waals surface area contributed by atoms with Gasteiger partial charge in [-0.3, -0.25) is 4.79 Å². The van der Waals surface area contributed by atoms with Gasteiger partial charge in [0.15, 0.2) is 0 Å². The normalized spacial score (nSPS) is 23.8. The number of hydrogen-bond donors (Lipinski definition) is 4. The van der Waals surface area contributed by atoms with Crippen molar-refractivity contribution in [2.24, 2.45) is 28.7 Å². The second kappa shape index (κ2) is 15.2. The van der Waals surface area contributed by atoms with E-state index in [1.807, 2.05) is 13.0 Å². The van der Waals surface area contributed by atoms with Gasteiger partial charge >= 0.3 is 0 Å². The molecule has 198 valence electrons. The maximum Gasteiger partial charge on any atom is 0.253 e. The molecule has 3 atom stereocenters. The summed E-state index contributed by atoms with van der Waals surface area (Å²) >= 11 is 0. The predicted molar refractivity (Wildman–Crippen MR) is 144 cm³/mol. The van der Waals surface area contributed by atoms with Gasteiger partial charge in [-0.1, -0.05) is 38.3 Å². The highest BCUT2D eigenvalue weighted by molar-refractivity contribution is 5.95. The number of allylic oxidation sites excluding steroid dienone is 2. The second-order valence-corrected chi connectivity index (χ2v) is 9.25. The van der Waals surface area contributed by atoms with E-state index in [9.17, 15) is 4.79 Å². The van der Waals surface area contributed by atoms with E-state index in [1.165, 1.54) is 5.01 Å². The molecule has 2 aliphatic rings. The number of hydrazone groups is 1. The molecule has 0 aromatic carbocycles. The van der Waals surface area contributed by atoms with Crippen LogP contribution in [0.1, 0.15) is 40.0 Å². The number of hydrogen-bond acceptors (Lipinski definition) is 8. The number of morpholine rings is 1. The summed E-state index contributed by atoms with van der Waals surface area (Å²) in [6, 6.07) is 0. The predicted octanol–water partition coefficient (Wildman–Crippen LogP) is 2.07. The average molecular weight is 499 g/mol. The molecule has 3 unspecified atom stereocenters. The van der Waals surface area contributed by atoms with Crippen LogP contribution in [-0.2, 0) is 9.53 Å². The molecule has 36 heavy (non-hydrogen) atoms. The third-order valence-corrected chi connectivity index (χ3v) is 6.58. The van der Waals surface area contributed by atoms with Crippen molar-refractivity contribution in [2.45, 2.75) is 40.0 Å². The Morgan fingerprint density at radius 1 is 1.42 bits per heavy atom. The van der Waals surface area contributed by atoms with Crippen molar-refractivity contribution in [3.8, 4) is 11.8 Å². The van der Waals surface area contributed by atoms with Crippen LogP contribution in [0.2, 0.25) is 0 Å². The molecular formula is C27H42N6O3. The Morgan fingerprint density at radius 2 is 2.14 bits per heavy atom. The number of amides is 1. The lowest BCUT2D eigenvalue weighted by Gasteiger charge is -2.33. The summed E-state index contributed by atoms with van der Waals surface area (Å²) in [5.41, 5.74) is 5.57. The summed E-state index contributed by atoms with van der Waals surface area (Å²) in [5, 5.41) is 23.4. The molecule has 1 heterocycles. The van der Waals surface area contributed by atoms with E-state index in [0.717, 1.165) is 25.0 Å². The van der Waals surface area contributed by atoms with Crippen molar-refractivity contribution in [1.29, 1.82) is 5.41 Å². The molecule has 1 saturated heterocycles. The van der Waals surface area contributed by atoms with Gasteiger partial charge in [0.25, 0.3) is 5.91 Å². The van der Waals surface area contributed by atoms with Crippen molar-refractivity contribution in [1.82, 2.24) is 15.3 Å². The number of rotatable bonds is 10. The lowest BCUT2D eigenvalue weighted by atomic mass is 9.73. The second-order valence-electron chi connectivity index (χ2n) is 9.25. The molecule has 0 aromatic rings. The topological polar surface area (TPSA) is 127 Å². The van der Waals surface area contributed by atoms with Crippen molar-refractivity contribution >= 4 is 17.3 Å². The van der Waals surface area contributed by atoms with Gasteiger partial charge in [0.05, 0.1) is 32.0 Å². The van der Waals surface area contributed by atoms with Crippen LogP contribution in [0.15, 0.2) is 41.2 Å². The Hall–Kier alpha value is -2.93. The lowest BCUT2D eigenvalue weighted by Crippen LogP contribution is -2.41. The first-order valence-electron chi connectivity index (χ1n) is 12.7. The number of hydrazine groups is 1. The summed E-state index contributed by atoms with van der Waals surface area (Å²) in [6.45, 7) is 12.7. The van der Waals surface area contributed by atoms with E-state index in [-0.39, 0.29) is 31.5 Å². The quantitative estimate of drug-likeness (QED) is 0.0912. The first kappa shape index (κ1) is 29.3. The molecule has 0 radical (unpaired) electrons. The molecule has 9 nitrogen and oxygen atoms in total. The minimum Gasteiger partial charge on any atom is -0.384 e. The van der Waals surface area contributed by atoms with E-state index in [1.54, 1.807) is 17.1 Å². The Bertz CT molecular complexity index is 924. The SMILES string of the molecule is C=C(C=CC(=CC)N(N)CC(=N)CN/N=C1\CC(C#CCO)CC(C)C1CC)C(=O)N1CCOCC1. The number of aliphatic hydroxyl groups is 1. The number of ether oxygens (including phenoxy) is 1. The number of nitrogens with zero attached hydrogens (tertiary/aromatic N) is 3. The zero-order valence-electron chi connectivity index (χ0n) is 21.9. The molecule has 9 heteroatoms. The minimum absolute atomic E-state index is 0.114. The molecule has 1 aliphatic heterocycles. The number of carbonyl (C=O) groups excluding carboxylic acids is 1. The maximum atomic E-state index is 12.5. The van der Waals surface area contributed by atoms with Crippen molar-refractivity contribution in [2.75, 3.05) is 46.0 Å². The van der Waals surface area contributed by atoms with Crippen LogP contribution >= 0.6 is 0 Å². The number of nitrogens with one attached hydrogen (secondary N) is 2. The molecule has 0 spiro atoms. The van der Waals surface area contributed by atoms with Crippen LogP contribution in [0.25, 0.3) is 0 Å². The van der Waals surface area contributed by atoms with Crippen molar-refractivity contribution in [3.05, 3.63) is 36.1 Å². The zero-order valence-corrected chi connectivity index (χ0v) is 21.9. The maximum absolute atomic E-state index is 12.5. The van der Waals surface area contributed by atoms with Crippen LogP contribution in [0, 0.1) is 35.0 Å². The summed E-state index contributed by atoms with van der Waals surface area (Å²) in [5.74, 6) is 13.1. The van der Waals surface area contributed by atoms with Gasteiger partial charge < -0.3 is 30.6 Å². The first-order chi connectivity index (χ1) is 17.3. The van der Waals surface area contributed by atoms with Gasteiger partial charge in [0.1, 0.15) is 6.61 Å². The largest absolute Gasteiger partial charge is 0.384 e. The number of nitrogens with two attached hydrogens (primary N) is 1. The summed E-state index contributed by atoms with van der Waals surface area (Å²) in [4.78, 5) is 14.2. The Morgan fingerprint density at radius 3 is 2.78 bits per heavy atom. The van der Waals surface area contributed by atoms with E-state index in [4.69, 9.17) is 21.1 Å². The lowest BCUT2D eigenvalue weighted by molar-refractivity contribution is -0.130. The molecule has 1 aliphatic carbocycles. The average Bonchev–Trinajstić information content (AvgIpc) is 2.87. The van der Waals surface area contributed by atoms with Crippen molar-refractivity contribution in [3.63, 3.8) is 0 Å². The Balaban J connectivity index is 1.88. The Labute approximate surface area is 215 Å². The van der Waals surface area contributed by atoms with E-state index in [2.05, 4.69) is 42.8 Å². The van der Waals surface area contributed by atoms with Crippen LogP contribution in [-0.4, -0.2) is 78.3 Å².